The lowest BCUT2D eigenvalue weighted by molar-refractivity contribution is -0.147. The van der Waals surface area contributed by atoms with E-state index in [0.717, 1.165) is 25.5 Å². The van der Waals surface area contributed by atoms with Crippen molar-refractivity contribution in [3.63, 3.8) is 0 Å². The summed E-state index contributed by atoms with van der Waals surface area (Å²) in [6.07, 6.45) is 3.56. The minimum atomic E-state index is -4.83. The van der Waals surface area contributed by atoms with E-state index in [-0.39, 0.29) is 34.3 Å². The number of hydrogen-bond donors (Lipinski definition) is 0. The van der Waals surface area contributed by atoms with Gasteiger partial charge in [-0.25, -0.2) is 9.97 Å². The van der Waals surface area contributed by atoms with Crippen LogP contribution >= 0.6 is 0 Å². The van der Waals surface area contributed by atoms with Gasteiger partial charge in [-0.3, -0.25) is 19.0 Å². The Morgan fingerprint density at radius 1 is 1.16 bits per heavy atom. The Morgan fingerprint density at radius 3 is 2.66 bits per heavy atom. The summed E-state index contributed by atoms with van der Waals surface area (Å²) in [4.78, 5) is 25.8. The standard InChI is InChI=1S/C26H22F3N7O2/c1-35-24(37)19-9-20(14-6-7-38-21(8-14)16-12-32-36(13-16)18-4-5-18)33-22(15-2-3-17(10-30)31-11-15)23(19)34-25(35)26(27,28)29/h2-3,9,11-14,18,21H,4-8H2,1H3. The smallest absolute Gasteiger partial charge is 0.373 e. The summed E-state index contributed by atoms with van der Waals surface area (Å²) >= 11 is 0. The molecule has 0 radical (unpaired) electrons. The van der Waals surface area contributed by atoms with E-state index in [1.54, 1.807) is 12.1 Å². The average Bonchev–Trinajstić information content (AvgIpc) is 3.65. The topological polar surface area (TPSA) is 112 Å². The SMILES string of the molecule is Cn1c(C(F)(F)F)nc2c(-c3ccc(C#N)nc3)nc(C3CCOC(c4cnn(C5CC5)c4)C3)cc2c1=O. The van der Waals surface area contributed by atoms with Crippen LogP contribution in [0.4, 0.5) is 13.2 Å². The highest BCUT2D eigenvalue weighted by Gasteiger charge is 2.37. The number of aromatic nitrogens is 6. The molecule has 0 N–H and O–H groups in total. The largest absolute Gasteiger partial charge is 0.449 e. The number of nitriles is 1. The number of halogens is 3. The predicted molar refractivity (Wildman–Crippen MR) is 129 cm³/mol. The van der Waals surface area contributed by atoms with Gasteiger partial charge in [-0.1, -0.05) is 0 Å². The highest BCUT2D eigenvalue weighted by atomic mass is 19.4. The Bertz CT molecular complexity index is 1630. The van der Waals surface area contributed by atoms with Crippen molar-refractivity contribution in [1.29, 1.82) is 5.26 Å². The Hall–Kier alpha value is -4.11. The summed E-state index contributed by atoms with van der Waals surface area (Å²) in [6, 6.07) is 6.90. The van der Waals surface area contributed by atoms with Crippen molar-refractivity contribution in [2.45, 2.75) is 49.9 Å². The van der Waals surface area contributed by atoms with Crippen LogP contribution in [0.5, 0.6) is 0 Å². The summed E-state index contributed by atoms with van der Waals surface area (Å²) in [5.74, 6) is -1.43. The van der Waals surface area contributed by atoms with E-state index in [2.05, 4.69) is 15.1 Å². The third-order valence-electron chi connectivity index (χ3n) is 7.10. The summed E-state index contributed by atoms with van der Waals surface area (Å²) in [7, 11) is 1.06. The Morgan fingerprint density at radius 2 is 1.97 bits per heavy atom. The number of hydrogen-bond acceptors (Lipinski definition) is 7. The van der Waals surface area contributed by atoms with Crippen LogP contribution in [0.25, 0.3) is 22.2 Å². The first-order valence-corrected chi connectivity index (χ1v) is 12.2. The van der Waals surface area contributed by atoms with E-state index in [1.807, 2.05) is 23.1 Å². The second-order valence-corrected chi connectivity index (χ2v) is 9.70. The van der Waals surface area contributed by atoms with Crippen molar-refractivity contribution in [3.05, 3.63) is 69.9 Å². The first kappa shape index (κ1) is 24.2. The van der Waals surface area contributed by atoms with Gasteiger partial charge in [-0.15, -0.1) is 0 Å². The number of ether oxygens (including phenoxy) is 1. The van der Waals surface area contributed by atoms with Crippen LogP contribution in [0.2, 0.25) is 0 Å². The summed E-state index contributed by atoms with van der Waals surface area (Å²) in [6.45, 7) is 0.459. The summed E-state index contributed by atoms with van der Waals surface area (Å²) < 4.78 is 49.6. The van der Waals surface area contributed by atoms with Gasteiger partial charge in [0.25, 0.3) is 5.56 Å². The molecule has 6 rings (SSSR count). The van der Waals surface area contributed by atoms with Gasteiger partial charge in [0.15, 0.2) is 0 Å². The molecule has 2 aliphatic rings. The highest BCUT2D eigenvalue weighted by molar-refractivity contribution is 5.91. The predicted octanol–water partition coefficient (Wildman–Crippen LogP) is 4.45. The maximum atomic E-state index is 13.7. The van der Waals surface area contributed by atoms with Gasteiger partial charge < -0.3 is 4.74 Å². The van der Waals surface area contributed by atoms with Crippen molar-refractivity contribution in [1.82, 2.24) is 29.3 Å². The highest BCUT2D eigenvalue weighted by Crippen LogP contribution is 2.40. The molecule has 4 aromatic rings. The number of fused-ring (bicyclic) bond motifs is 1. The van der Waals surface area contributed by atoms with Crippen LogP contribution in [0.15, 0.2) is 41.6 Å². The zero-order chi connectivity index (χ0) is 26.6. The minimum absolute atomic E-state index is 0.0365. The van der Waals surface area contributed by atoms with Crippen molar-refractivity contribution >= 4 is 10.9 Å². The van der Waals surface area contributed by atoms with Gasteiger partial charge in [-0.2, -0.15) is 23.5 Å². The molecule has 9 nitrogen and oxygen atoms in total. The first-order valence-electron chi connectivity index (χ1n) is 12.2. The molecule has 12 heteroatoms. The zero-order valence-corrected chi connectivity index (χ0v) is 20.3. The van der Waals surface area contributed by atoms with E-state index in [1.165, 1.54) is 12.3 Å². The molecule has 1 aliphatic carbocycles. The van der Waals surface area contributed by atoms with Crippen LogP contribution in [0.3, 0.4) is 0 Å². The molecule has 194 valence electrons. The second kappa shape index (κ2) is 9.02. The van der Waals surface area contributed by atoms with Crippen molar-refractivity contribution in [2.24, 2.45) is 7.05 Å². The molecule has 0 amide bonds. The van der Waals surface area contributed by atoms with Crippen molar-refractivity contribution in [2.75, 3.05) is 6.61 Å². The lowest BCUT2D eigenvalue weighted by Crippen LogP contribution is -2.28. The van der Waals surface area contributed by atoms with E-state index < -0.39 is 17.6 Å². The third-order valence-corrected chi connectivity index (χ3v) is 7.10. The first-order chi connectivity index (χ1) is 18.2. The van der Waals surface area contributed by atoms with Gasteiger partial charge in [0.1, 0.15) is 17.3 Å². The molecule has 2 fully saturated rings. The van der Waals surface area contributed by atoms with Gasteiger partial charge in [0, 0.05) is 48.8 Å². The van der Waals surface area contributed by atoms with Gasteiger partial charge >= 0.3 is 6.18 Å². The van der Waals surface area contributed by atoms with Gasteiger partial charge in [0.05, 0.1) is 29.4 Å². The number of nitrogens with zero attached hydrogens (tertiary/aromatic N) is 7. The van der Waals surface area contributed by atoms with E-state index in [0.29, 0.717) is 41.3 Å². The number of pyridine rings is 2. The molecular weight excluding hydrogens is 499 g/mol. The van der Waals surface area contributed by atoms with E-state index >= 15 is 0 Å². The number of rotatable bonds is 4. The fourth-order valence-electron chi connectivity index (χ4n) is 4.91. The normalized spacial score (nSPS) is 20.0. The summed E-state index contributed by atoms with van der Waals surface area (Å²) in [5.41, 5.74) is 1.17. The Balaban J connectivity index is 1.46. The van der Waals surface area contributed by atoms with Crippen LogP contribution in [0.1, 0.15) is 66.5 Å². The molecule has 2 atom stereocenters. The molecule has 0 aromatic carbocycles. The molecule has 38 heavy (non-hydrogen) atoms. The van der Waals surface area contributed by atoms with Crippen LogP contribution in [-0.2, 0) is 18.0 Å². The lowest BCUT2D eigenvalue weighted by Gasteiger charge is -2.29. The van der Waals surface area contributed by atoms with Crippen LogP contribution in [0, 0.1) is 11.3 Å². The molecule has 4 aromatic heterocycles. The molecule has 5 heterocycles. The fraction of sp³-hybridized carbons (Fsp3) is 0.385. The van der Waals surface area contributed by atoms with Gasteiger partial charge in [0.2, 0.25) is 5.82 Å². The van der Waals surface area contributed by atoms with Crippen molar-refractivity contribution in [3.8, 4) is 17.3 Å². The second-order valence-electron chi connectivity index (χ2n) is 9.70. The van der Waals surface area contributed by atoms with Gasteiger partial charge in [-0.05, 0) is 43.9 Å². The summed E-state index contributed by atoms with van der Waals surface area (Å²) in [5, 5.41) is 13.6. The minimum Gasteiger partial charge on any atom is -0.373 e. The van der Waals surface area contributed by atoms with Crippen molar-refractivity contribution < 1.29 is 17.9 Å². The number of alkyl halides is 3. The monoisotopic (exact) mass is 521 g/mol. The van der Waals surface area contributed by atoms with Crippen LogP contribution < -0.4 is 5.56 Å². The van der Waals surface area contributed by atoms with E-state index in [9.17, 15) is 18.0 Å². The zero-order valence-electron chi connectivity index (χ0n) is 20.3. The Kier molecular flexibility index (Phi) is 5.75. The molecule has 1 saturated carbocycles. The molecule has 0 spiro atoms. The Labute approximate surface area is 214 Å². The molecular formula is C26H22F3N7O2. The third kappa shape index (κ3) is 4.32. The molecule has 1 saturated heterocycles. The molecule has 0 bridgehead atoms. The van der Waals surface area contributed by atoms with Crippen LogP contribution in [-0.4, -0.2) is 35.9 Å². The van der Waals surface area contributed by atoms with E-state index in [4.69, 9.17) is 15.0 Å². The molecule has 2 unspecified atom stereocenters. The maximum Gasteiger partial charge on any atom is 0.449 e. The molecule has 1 aliphatic heterocycles. The average molecular weight is 522 g/mol. The maximum absolute atomic E-state index is 13.7. The lowest BCUT2D eigenvalue weighted by atomic mass is 9.89. The fourth-order valence-corrected chi connectivity index (χ4v) is 4.91. The quantitative estimate of drug-likeness (QED) is 0.390.